The van der Waals surface area contributed by atoms with Gasteiger partial charge in [-0.25, -0.2) is 9.69 Å². The molecule has 5 nitrogen and oxygen atoms in total. The number of benzene rings is 1. The molecule has 1 saturated heterocycles. The summed E-state index contributed by atoms with van der Waals surface area (Å²) >= 11 is 0. The van der Waals surface area contributed by atoms with Gasteiger partial charge in [0.2, 0.25) is 0 Å². The lowest BCUT2D eigenvalue weighted by Gasteiger charge is -2.22. The van der Waals surface area contributed by atoms with Crippen LogP contribution in [0.25, 0.3) is 0 Å². The molecule has 0 saturated carbocycles. The molecule has 20 heavy (non-hydrogen) atoms. The first-order valence-electron chi connectivity index (χ1n) is 6.25. The van der Waals surface area contributed by atoms with Crippen molar-refractivity contribution in [2.24, 2.45) is 0 Å². The minimum atomic E-state index is -1.04. The lowest BCUT2D eigenvalue weighted by atomic mass is 9.92. The predicted molar refractivity (Wildman–Crippen MR) is 74.0 cm³/mol. The summed E-state index contributed by atoms with van der Waals surface area (Å²) in [6, 6.07) is 12.1. The van der Waals surface area contributed by atoms with Crippen molar-refractivity contribution in [2.45, 2.75) is 12.5 Å². The second-order valence-corrected chi connectivity index (χ2v) is 4.77. The van der Waals surface area contributed by atoms with E-state index in [1.807, 2.05) is 30.3 Å². The van der Waals surface area contributed by atoms with Crippen molar-refractivity contribution in [3.05, 3.63) is 60.4 Å². The molecule has 5 heteroatoms. The molecule has 1 aromatic heterocycles. The molecule has 1 fully saturated rings. The molecule has 1 N–H and O–H groups in total. The number of amides is 3. The topological polar surface area (TPSA) is 62.3 Å². The van der Waals surface area contributed by atoms with Gasteiger partial charge in [0.15, 0.2) is 0 Å². The van der Waals surface area contributed by atoms with Crippen LogP contribution < -0.4 is 10.2 Å². The van der Waals surface area contributed by atoms with E-state index < -0.39 is 11.6 Å². The van der Waals surface area contributed by atoms with E-state index >= 15 is 0 Å². The number of nitrogens with zero attached hydrogens (tertiary/aromatic N) is 2. The smallest absolute Gasteiger partial charge is 0.319 e. The first-order chi connectivity index (χ1) is 9.63. The lowest BCUT2D eigenvalue weighted by molar-refractivity contribution is -0.121. The van der Waals surface area contributed by atoms with Crippen LogP contribution in [-0.4, -0.2) is 16.9 Å². The highest BCUT2D eigenvalue weighted by Gasteiger charge is 2.49. The number of urea groups is 1. The van der Waals surface area contributed by atoms with Gasteiger partial charge >= 0.3 is 6.03 Å². The summed E-state index contributed by atoms with van der Waals surface area (Å²) in [5.41, 5.74) is 0.235. The van der Waals surface area contributed by atoms with E-state index in [4.69, 9.17) is 0 Å². The number of hydrogen-bond acceptors (Lipinski definition) is 3. The third-order valence-corrected chi connectivity index (χ3v) is 3.46. The zero-order valence-corrected chi connectivity index (χ0v) is 10.9. The largest absolute Gasteiger partial charge is 0.329 e. The molecule has 0 spiro atoms. The highest BCUT2D eigenvalue weighted by molar-refractivity contribution is 6.23. The van der Waals surface area contributed by atoms with Gasteiger partial charge in [0.1, 0.15) is 5.54 Å². The molecule has 0 aliphatic carbocycles. The quantitative estimate of drug-likeness (QED) is 0.847. The van der Waals surface area contributed by atoms with Gasteiger partial charge in [0, 0.05) is 12.4 Å². The average molecular weight is 267 g/mol. The summed E-state index contributed by atoms with van der Waals surface area (Å²) in [5, 5.41) is 2.76. The van der Waals surface area contributed by atoms with Crippen LogP contribution in [0.2, 0.25) is 0 Å². The Labute approximate surface area is 116 Å². The molecule has 0 radical (unpaired) electrons. The Kier molecular flexibility index (Phi) is 2.75. The van der Waals surface area contributed by atoms with Crippen LogP contribution in [0.4, 0.5) is 10.5 Å². The van der Waals surface area contributed by atoms with E-state index in [0.717, 1.165) is 10.5 Å². The molecule has 1 atom stereocenters. The molecule has 1 aliphatic rings. The van der Waals surface area contributed by atoms with Crippen LogP contribution in [0, 0.1) is 0 Å². The third kappa shape index (κ3) is 1.75. The van der Waals surface area contributed by atoms with Crippen molar-refractivity contribution in [2.75, 3.05) is 4.90 Å². The fraction of sp³-hybridized carbons (Fsp3) is 0.133. The van der Waals surface area contributed by atoms with Crippen LogP contribution in [0.15, 0.2) is 54.9 Å². The third-order valence-electron chi connectivity index (χ3n) is 3.46. The van der Waals surface area contributed by atoms with Gasteiger partial charge in [-0.1, -0.05) is 30.3 Å². The normalized spacial score (nSPS) is 21.9. The van der Waals surface area contributed by atoms with Crippen LogP contribution in [0.5, 0.6) is 0 Å². The van der Waals surface area contributed by atoms with Gasteiger partial charge in [-0.15, -0.1) is 0 Å². The SMILES string of the molecule is CC1(c2ccccc2)NC(=O)N(c2ccncc2)C1=O. The first-order valence-corrected chi connectivity index (χ1v) is 6.25. The zero-order chi connectivity index (χ0) is 14.2. The molecular weight excluding hydrogens is 254 g/mol. The number of nitrogens with one attached hydrogen (secondary N) is 1. The Morgan fingerprint density at radius 1 is 1.05 bits per heavy atom. The molecule has 1 unspecified atom stereocenters. The molecular formula is C15H13N3O2. The van der Waals surface area contributed by atoms with Gasteiger partial charge < -0.3 is 5.32 Å². The summed E-state index contributed by atoms with van der Waals surface area (Å²) in [5.74, 6) is -0.292. The molecule has 1 aromatic carbocycles. The predicted octanol–water partition coefficient (Wildman–Crippen LogP) is 2.05. The summed E-state index contributed by atoms with van der Waals surface area (Å²) in [4.78, 5) is 29.8. The maximum atomic E-state index is 12.7. The number of imide groups is 1. The first kappa shape index (κ1) is 12.3. The van der Waals surface area contributed by atoms with E-state index in [-0.39, 0.29) is 5.91 Å². The van der Waals surface area contributed by atoms with Gasteiger partial charge in [-0.2, -0.15) is 0 Å². The van der Waals surface area contributed by atoms with Crippen molar-refractivity contribution in [1.82, 2.24) is 10.3 Å². The minimum Gasteiger partial charge on any atom is -0.319 e. The molecule has 0 bridgehead atoms. The number of rotatable bonds is 2. The molecule has 1 aliphatic heterocycles. The highest BCUT2D eigenvalue weighted by Crippen LogP contribution is 2.31. The molecule has 100 valence electrons. The van der Waals surface area contributed by atoms with Crippen molar-refractivity contribution in [3.63, 3.8) is 0 Å². The van der Waals surface area contributed by atoms with E-state index in [2.05, 4.69) is 10.3 Å². The van der Waals surface area contributed by atoms with E-state index in [0.29, 0.717) is 5.69 Å². The van der Waals surface area contributed by atoms with Gasteiger partial charge in [-0.3, -0.25) is 9.78 Å². The lowest BCUT2D eigenvalue weighted by Crippen LogP contribution is -2.40. The molecule has 2 aromatic rings. The van der Waals surface area contributed by atoms with Crippen molar-refractivity contribution in [3.8, 4) is 0 Å². The van der Waals surface area contributed by atoms with Crippen LogP contribution >= 0.6 is 0 Å². The van der Waals surface area contributed by atoms with Crippen LogP contribution in [0.3, 0.4) is 0 Å². The van der Waals surface area contributed by atoms with Crippen LogP contribution in [0.1, 0.15) is 12.5 Å². The Bertz CT molecular complexity index is 657. The minimum absolute atomic E-state index is 0.292. The van der Waals surface area contributed by atoms with E-state index in [1.165, 1.54) is 0 Å². The summed E-state index contributed by atoms with van der Waals surface area (Å²) in [7, 11) is 0. The van der Waals surface area contributed by atoms with E-state index in [1.54, 1.807) is 31.5 Å². The number of aromatic nitrogens is 1. The summed E-state index contributed by atoms with van der Waals surface area (Å²) in [6.07, 6.45) is 3.10. The Morgan fingerprint density at radius 2 is 1.70 bits per heavy atom. The maximum absolute atomic E-state index is 12.7. The molecule has 2 heterocycles. The number of pyridine rings is 1. The fourth-order valence-corrected chi connectivity index (χ4v) is 2.33. The van der Waals surface area contributed by atoms with Gasteiger partial charge in [-0.05, 0) is 24.6 Å². The average Bonchev–Trinajstić information content (AvgIpc) is 2.72. The maximum Gasteiger partial charge on any atom is 0.329 e. The molecule has 3 rings (SSSR count). The zero-order valence-electron chi connectivity index (χ0n) is 10.9. The van der Waals surface area contributed by atoms with E-state index in [9.17, 15) is 9.59 Å². The summed E-state index contributed by atoms with van der Waals surface area (Å²) in [6.45, 7) is 1.71. The second kappa shape index (κ2) is 4.45. The second-order valence-electron chi connectivity index (χ2n) is 4.77. The Balaban J connectivity index is 2.03. The Hall–Kier alpha value is -2.69. The number of hydrogen-bond donors (Lipinski definition) is 1. The monoisotopic (exact) mass is 267 g/mol. The van der Waals surface area contributed by atoms with Gasteiger partial charge in [0.25, 0.3) is 5.91 Å². The fourth-order valence-electron chi connectivity index (χ4n) is 2.33. The number of anilines is 1. The van der Waals surface area contributed by atoms with Crippen molar-refractivity contribution >= 4 is 17.6 Å². The van der Waals surface area contributed by atoms with Gasteiger partial charge in [0.05, 0.1) is 5.69 Å². The summed E-state index contributed by atoms with van der Waals surface area (Å²) < 4.78 is 0. The number of carbonyl (C=O) groups excluding carboxylic acids is 2. The Morgan fingerprint density at radius 3 is 2.35 bits per heavy atom. The highest BCUT2D eigenvalue weighted by atomic mass is 16.2. The number of carbonyl (C=O) groups is 2. The standard InChI is InChI=1S/C15H13N3O2/c1-15(11-5-3-2-4-6-11)13(19)18(14(20)17-15)12-7-9-16-10-8-12/h2-10H,1H3,(H,17,20). The van der Waals surface area contributed by atoms with Crippen LogP contribution in [-0.2, 0) is 10.3 Å². The molecule has 3 amide bonds. The van der Waals surface area contributed by atoms with Crippen molar-refractivity contribution < 1.29 is 9.59 Å². The van der Waals surface area contributed by atoms with Crippen molar-refractivity contribution in [1.29, 1.82) is 0 Å².